The Bertz CT molecular complexity index is 681. The number of hydrogen-bond donors (Lipinski definition) is 1. The number of ether oxygens (including phenoxy) is 1. The van der Waals surface area contributed by atoms with Gasteiger partial charge in [-0.15, -0.1) is 10.2 Å². The smallest absolute Gasteiger partial charge is 0.226 e. The second-order valence-electron chi connectivity index (χ2n) is 5.28. The third-order valence-corrected chi connectivity index (χ3v) is 4.50. The molecule has 3 rings (SSSR count). The molecular formula is C16H17N3O3S. The topological polar surface area (TPSA) is 81.2 Å². The van der Waals surface area contributed by atoms with Gasteiger partial charge in [0.25, 0.3) is 0 Å². The molecule has 6 nitrogen and oxygen atoms in total. The molecule has 1 saturated heterocycles. The highest BCUT2D eigenvalue weighted by molar-refractivity contribution is 7.15. The summed E-state index contributed by atoms with van der Waals surface area (Å²) in [6.45, 7) is 0.744. The van der Waals surface area contributed by atoms with Crippen molar-refractivity contribution in [1.82, 2.24) is 10.2 Å². The normalized spacial score (nSPS) is 17.1. The molecule has 0 radical (unpaired) electrons. The molecule has 7 heteroatoms. The van der Waals surface area contributed by atoms with Gasteiger partial charge in [-0.3, -0.25) is 9.59 Å². The van der Waals surface area contributed by atoms with Crippen LogP contribution in [-0.2, 0) is 9.53 Å². The third-order valence-electron chi connectivity index (χ3n) is 3.57. The van der Waals surface area contributed by atoms with Gasteiger partial charge >= 0.3 is 0 Å². The van der Waals surface area contributed by atoms with Gasteiger partial charge in [0.2, 0.25) is 11.0 Å². The van der Waals surface area contributed by atoms with Gasteiger partial charge in [0.15, 0.2) is 5.78 Å². The van der Waals surface area contributed by atoms with E-state index in [-0.39, 0.29) is 30.6 Å². The van der Waals surface area contributed by atoms with Crippen molar-refractivity contribution in [2.75, 3.05) is 11.9 Å². The Kier molecular flexibility index (Phi) is 5.09. The molecule has 1 atom stereocenters. The second kappa shape index (κ2) is 7.43. The molecule has 0 spiro atoms. The number of nitrogens with one attached hydrogen (secondary N) is 1. The monoisotopic (exact) mass is 331 g/mol. The van der Waals surface area contributed by atoms with E-state index in [4.69, 9.17) is 4.74 Å². The van der Waals surface area contributed by atoms with Gasteiger partial charge in [-0.2, -0.15) is 0 Å². The minimum Gasteiger partial charge on any atom is -0.371 e. The fourth-order valence-electron chi connectivity index (χ4n) is 2.36. The van der Waals surface area contributed by atoms with Gasteiger partial charge < -0.3 is 10.1 Å². The second-order valence-corrected chi connectivity index (χ2v) is 6.29. The summed E-state index contributed by atoms with van der Waals surface area (Å²) in [7, 11) is 0. The summed E-state index contributed by atoms with van der Waals surface area (Å²) in [4.78, 5) is 23.9. The Morgan fingerprint density at radius 1 is 1.22 bits per heavy atom. The van der Waals surface area contributed by atoms with Crippen LogP contribution >= 0.6 is 11.3 Å². The zero-order valence-electron chi connectivity index (χ0n) is 12.5. The largest absolute Gasteiger partial charge is 0.371 e. The maximum Gasteiger partial charge on any atom is 0.226 e. The van der Waals surface area contributed by atoms with E-state index in [0.717, 1.165) is 24.5 Å². The van der Waals surface area contributed by atoms with Gasteiger partial charge in [0.05, 0.1) is 0 Å². The lowest BCUT2D eigenvalue weighted by Gasteiger charge is -2.03. The summed E-state index contributed by atoms with van der Waals surface area (Å²) >= 11 is 1.33. The summed E-state index contributed by atoms with van der Waals surface area (Å²) in [5.74, 6) is -0.276. The number of benzene rings is 1. The number of rotatable bonds is 6. The Morgan fingerprint density at radius 3 is 2.78 bits per heavy atom. The van der Waals surface area contributed by atoms with Gasteiger partial charge in [-0.25, -0.2) is 0 Å². The lowest BCUT2D eigenvalue weighted by atomic mass is 10.1. The first-order valence-corrected chi connectivity index (χ1v) is 8.37. The Labute approximate surface area is 137 Å². The molecule has 2 heterocycles. The molecule has 1 N–H and O–H groups in total. The van der Waals surface area contributed by atoms with Crippen molar-refractivity contribution in [2.45, 2.75) is 31.8 Å². The van der Waals surface area contributed by atoms with Crippen LogP contribution in [0.4, 0.5) is 5.13 Å². The Morgan fingerprint density at radius 2 is 2.04 bits per heavy atom. The highest BCUT2D eigenvalue weighted by atomic mass is 32.1. The number of carbonyl (C=O) groups excluding carboxylic acids is 2. The van der Waals surface area contributed by atoms with Crippen LogP contribution in [0.25, 0.3) is 0 Å². The SMILES string of the molecule is O=C(CCC(=O)c1ccccc1)Nc1nnc(C2CCCO2)s1. The quantitative estimate of drug-likeness (QED) is 0.823. The van der Waals surface area contributed by atoms with E-state index in [1.54, 1.807) is 24.3 Å². The van der Waals surface area contributed by atoms with E-state index in [9.17, 15) is 9.59 Å². The fraction of sp³-hybridized carbons (Fsp3) is 0.375. The summed E-state index contributed by atoms with van der Waals surface area (Å²) in [5, 5.41) is 11.9. The molecule has 1 aliphatic rings. The average molecular weight is 331 g/mol. The molecular weight excluding hydrogens is 314 g/mol. The molecule has 23 heavy (non-hydrogen) atoms. The van der Waals surface area contributed by atoms with Gasteiger partial charge in [0, 0.05) is 25.0 Å². The van der Waals surface area contributed by atoms with Crippen LogP contribution < -0.4 is 5.32 Å². The maximum absolute atomic E-state index is 12.0. The lowest BCUT2D eigenvalue weighted by Crippen LogP contribution is -2.13. The van der Waals surface area contributed by atoms with Gasteiger partial charge in [0.1, 0.15) is 11.1 Å². The molecule has 1 aromatic heterocycles. The van der Waals surface area contributed by atoms with Crippen molar-refractivity contribution in [3.05, 3.63) is 40.9 Å². The molecule has 1 unspecified atom stereocenters. The number of aromatic nitrogens is 2. The van der Waals surface area contributed by atoms with Crippen molar-refractivity contribution in [1.29, 1.82) is 0 Å². The first-order valence-electron chi connectivity index (χ1n) is 7.55. The fourth-order valence-corrected chi connectivity index (χ4v) is 3.21. The minimum atomic E-state index is -0.232. The standard InChI is InChI=1S/C16H17N3O3S/c20-12(11-5-2-1-3-6-11)8-9-14(21)17-16-19-18-15(23-16)13-7-4-10-22-13/h1-3,5-6,13H,4,7-10H2,(H,17,19,21). The zero-order chi connectivity index (χ0) is 16.1. The van der Waals surface area contributed by atoms with Crippen LogP contribution in [0.2, 0.25) is 0 Å². The molecule has 1 amide bonds. The van der Waals surface area contributed by atoms with E-state index in [0.29, 0.717) is 10.7 Å². The highest BCUT2D eigenvalue weighted by Crippen LogP contribution is 2.31. The minimum absolute atomic E-state index is 0.00203. The summed E-state index contributed by atoms with van der Waals surface area (Å²) in [6, 6.07) is 8.96. The van der Waals surface area contributed by atoms with Crippen molar-refractivity contribution >= 4 is 28.2 Å². The van der Waals surface area contributed by atoms with E-state index < -0.39 is 0 Å². The van der Waals surface area contributed by atoms with E-state index in [1.165, 1.54) is 11.3 Å². The molecule has 2 aromatic rings. The molecule has 0 bridgehead atoms. The zero-order valence-corrected chi connectivity index (χ0v) is 13.3. The lowest BCUT2D eigenvalue weighted by molar-refractivity contribution is -0.116. The Hall–Kier alpha value is -2.12. The predicted molar refractivity (Wildman–Crippen MR) is 86.5 cm³/mol. The molecule has 0 saturated carbocycles. The van der Waals surface area contributed by atoms with E-state index in [1.807, 2.05) is 6.07 Å². The molecule has 1 aliphatic heterocycles. The number of anilines is 1. The van der Waals surface area contributed by atoms with Crippen LogP contribution in [0, 0.1) is 0 Å². The highest BCUT2D eigenvalue weighted by Gasteiger charge is 2.22. The first-order chi connectivity index (χ1) is 11.2. The maximum atomic E-state index is 12.0. The Balaban J connectivity index is 1.48. The van der Waals surface area contributed by atoms with E-state index >= 15 is 0 Å². The number of ketones is 1. The number of Topliss-reactive ketones (excluding diaryl/α,β-unsaturated/α-hetero) is 1. The van der Waals surface area contributed by atoms with Crippen molar-refractivity contribution < 1.29 is 14.3 Å². The number of carbonyl (C=O) groups is 2. The van der Waals surface area contributed by atoms with Crippen molar-refractivity contribution in [3.63, 3.8) is 0 Å². The summed E-state index contributed by atoms with van der Waals surface area (Å²) in [6.07, 6.45) is 2.26. The molecule has 1 aromatic carbocycles. The van der Waals surface area contributed by atoms with Gasteiger partial charge in [-0.1, -0.05) is 41.7 Å². The van der Waals surface area contributed by atoms with Gasteiger partial charge in [-0.05, 0) is 12.8 Å². The average Bonchev–Trinajstić information content (AvgIpc) is 3.24. The van der Waals surface area contributed by atoms with Crippen LogP contribution in [0.1, 0.15) is 47.2 Å². The van der Waals surface area contributed by atoms with Crippen molar-refractivity contribution in [3.8, 4) is 0 Å². The first kappa shape index (κ1) is 15.8. The van der Waals surface area contributed by atoms with Crippen molar-refractivity contribution in [2.24, 2.45) is 0 Å². The molecule has 120 valence electrons. The van der Waals surface area contributed by atoms with E-state index in [2.05, 4.69) is 15.5 Å². The summed E-state index contributed by atoms with van der Waals surface area (Å²) < 4.78 is 5.54. The number of nitrogens with zero attached hydrogens (tertiary/aromatic N) is 2. The number of hydrogen-bond acceptors (Lipinski definition) is 6. The third kappa shape index (κ3) is 4.20. The van der Waals surface area contributed by atoms with Crippen LogP contribution in [0.5, 0.6) is 0 Å². The van der Waals surface area contributed by atoms with Crippen LogP contribution in [0.15, 0.2) is 30.3 Å². The molecule has 0 aliphatic carbocycles. The predicted octanol–water partition coefficient (Wildman–Crippen LogP) is 2.99. The van der Waals surface area contributed by atoms with Crippen LogP contribution in [-0.4, -0.2) is 28.5 Å². The summed E-state index contributed by atoms with van der Waals surface area (Å²) in [5.41, 5.74) is 0.622. The molecule has 1 fully saturated rings. The number of amides is 1. The van der Waals surface area contributed by atoms with Crippen LogP contribution in [0.3, 0.4) is 0 Å².